The first kappa shape index (κ1) is 14.2. The van der Waals surface area contributed by atoms with Crippen molar-refractivity contribution in [2.24, 2.45) is 5.73 Å². The molecule has 1 heterocycles. The van der Waals surface area contributed by atoms with E-state index in [1.807, 2.05) is 19.9 Å². The Morgan fingerprint density at radius 2 is 2.15 bits per heavy atom. The first-order valence-corrected chi connectivity index (χ1v) is 6.48. The Labute approximate surface area is 117 Å². The van der Waals surface area contributed by atoms with Gasteiger partial charge in [-0.2, -0.15) is 10.4 Å². The monoisotopic (exact) mass is 272 g/mol. The van der Waals surface area contributed by atoms with Crippen molar-refractivity contribution in [3.05, 3.63) is 52.1 Å². The van der Waals surface area contributed by atoms with E-state index in [0.717, 1.165) is 23.4 Å². The van der Waals surface area contributed by atoms with Gasteiger partial charge in [0.05, 0.1) is 23.9 Å². The van der Waals surface area contributed by atoms with E-state index >= 15 is 0 Å². The second kappa shape index (κ2) is 5.85. The summed E-state index contributed by atoms with van der Waals surface area (Å²) in [5.41, 5.74) is 9.50. The Bertz CT molecular complexity index is 667. The molecule has 0 radical (unpaired) electrons. The number of nitrogens with zero attached hydrogens (tertiary/aromatic N) is 3. The predicted octanol–water partition coefficient (Wildman–Crippen LogP) is 2.06. The molecule has 0 aliphatic carbocycles. The lowest BCUT2D eigenvalue weighted by molar-refractivity contribution is 0.578. The summed E-state index contributed by atoms with van der Waals surface area (Å²) in [5.74, 6) is -0.378. The van der Waals surface area contributed by atoms with Gasteiger partial charge in [-0.3, -0.25) is 4.68 Å². The third-order valence-electron chi connectivity index (χ3n) is 3.43. The summed E-state index contributed by atoms with van der Waals surface area (Å²) in [7, 11) is 0. The van der Waals surface area contributed by atoms with Crippen LogP contribution in [-0.4, -0.2) is 16.3 Å². The van der Waals surface area contributed by atoms with Crippen LogP contribution in [0.2, 0.25) is 0 Å². The molecule has 0 amide bonds. The molecule has 2 N–H and O–H groups in total. The van der Waals surface area contributed by atoms with E-state index < -0.39 is 0 Å². The maximum absolute atomic E-state index is 13.9. The molecule has 4 nitrogen and oxygen atoms in total. The molecule has 0 aliphatic heterocycles. The average Bonchev–Trinajstić information content (AvgIpc) is 2.69. The third-order valence-corrected chi connectivity index (χ3v) is 3.43. The van der Waals surface area contributed by atoms with Gasteiger partial charge in [-0.1, -0.05) is 6.07 Å². The number of nitrogens with two attached hydrogens (primary N) is 1. The molecule has 1 aromatic carbocycles. The van der Waals surface area contributed by atoms with Gasteiger partial charge in [0.25, 0.3) is 0 Å². The maximum Gasteiger partial charge on any atom is 0.129 e. The zero-order valence-corrected chi connectivity index (χ0v) is 11.7. The lowest BCUT2D eigenvalue weighted by atomic mass is 10.1. The molecular formula is C15H17FN4. The quantitative estimate of drug-likeness (QED) is 0.926. The normalized spacial score (nSPS) is 10.6. The smallest absolute Gasteiger partial charge is 0.129 e. The summed E-state index contributed by atoms with van der Waals surface area (Å²) in [4.78, 5) is 0. The Morgan fingerprint density at radius 1 is 1.40 bits per heavy atom. The van der Waals surface area contributed by atoms with Crippen molar-refractivity contribution < 1.29 is 4.39 Å². The Hall–Kier alpha value is -2.19. The number of aromatic nitrogens is 2. The lowest BCUT2D eigenvalue weighted by Crippen LogP contribution is -2.07. The Balaban J connectivity index is 2.31. The second-order valence-corrected chi connectivity index (χ2v) is 4.76. The van der Waals surface area contributed by atoms with Crippen molar-refractivity contribution in [1.82, 2.24) is 9.78 Å². The molecule has 2 rings (SSSR count). The van der Waals surface area contributed by atoms with E-state index in [2.05, 4.69) is 5.10 Å². The molecule has 20 heavy (non-hydrogen) atoms. The zero-order chi connectivity index (χ0) is 14.7. The van der Waals surface area contributed by atoms with Crippen LogP contribution in [0.1, 0.15) is 28.1 Å². The Morgan fingerprint density at radius 3 is 2.75 bits per heavy atom. The minimum atomic E-state index is -0.378. The van der Waals surface area contributed by atoms with E-state index in [4.69, 9.17) is 11.0 Å². The van der Waals surface area contributed by atoms with Crippen molar-refractivity contribution in [3.63, 3.8) is 0 Å². The highest BCUT2D eigenvalue weighted by Crippen LogP contribution is 2.17. The summed E-state index contributed by atoms with van der Waals surface area (Å²) in [6.45, 7) is 4.82. The molecule has 0 bridgehead atoms. The van der Waals surface area contributed by atoms with Crippen LogP contribution in [0.15, 0.2) is 18.2 Å². The van der Waals surface area contributed by atoms with E-state index in [-0.39, 0.29) is 5.82 Å². The molecule has 0 unspecified atom stereocenters. The summed E-state index contributed by atoms with van der Waals surface area (Å²) >= 11 is 0. The number of halogens is 1. The van der Waals surface area contributed by atoms with Crippen LogP contribution in [0.3, 0.4) is 0 Å². The number of nitriles is 1. The number of hydrogen-bond donors (Lipinski definition) is 1. The molecule has 5 heteroatoms. The molecule has 0 atom stereocenters. The molecule has 0 aliphatic rings. The van der Waals surface area contributed by atoms with Gasteiger partial charge in [0.15, 0.2) is 0 Å². The topological polar surface area (TPSA) is 67.6 Å². The summed E-state index contributed by atoms with van der Waals surface area (Å²) in [5, 5.41) is 13.2. The van der Waals surface area contributed by atoms with Gasteiger partial charge in [0, 0.05) is 11.3 Å². The Kier molecular flexibility index (Phi) is 4.16. The van der Waals surface area contributed by atoms with Crippen LogP contribution in [0.25, 0.3) is 0 Å². The van der Waals surface area contributed by atoms with Crippen LogP contribution >= 0.6 is 0 Å². The van der Waals surface area contributed by atoms with Gasteiger partial charge in [-0.25, -0.2) is 4.39 Å². The minimum Gasteiger partial charge on any atom is -0.330 e. The number of hydrogen-bond acceptors (Lipinski definition) is 3. The second-order valence-electron chi connectivity index (χ2n) is 4.76. The van der Waals surface area contributed by atoms with Crippen LogP contribution < -0.4 is 5.73 Å². The summed E-state index contributed by atoms with van der Waals surface area (Å²) in [6.07, 6.45) is 0.771. The number of aryl methyl sites for hydroxylation is 1. The fourth-order valence-electron chi connectivity index (χ4n) is 2.30. The molecule has 1 aromatic heterocycles. The molecule has 0 fully saturated rings. The van der Waals surface area contributed by atoms with E-state index in [9.17, 15) is 4.39 Å². The highest BCUT2D eigenvalue weighted by atomic mass is 19.1. The van der Waals surface area contributed by atoms with Crippen molar-refractivity contribution in [3.8, 4) is 6.07 Å². The standard InChI is InChI=1S/C15H17FN4/c1-10-14(5-6-17)11(2)20(19-10)9-13-4-3-12(8-18)7-15(13)16/h3-4,7H,5-6,9,17H2,1-2H3. The minimum absolute atomic E-state index is 0.323. The third kappa shape index (κ3) is 2.70. The zero-order valence-electron chi connectivity index (χ0n) is 11.7. The highest BCUT2D eigenvalue weighted by molar-refractivity contribution is 5.33. The van der Waals surface area contributed by atoms with Crippen molar-refractivity contribution >= 4 is 0 Å². The van der Waals surface area contributed by atoms with E-state index in [0.29, 0.717) is 24.2 Å². The molecule has 104 valence electrons. The lowest BCUT2D eigenvalue weighted by Gasteiger charge is -2.07. The van der Waals surface area contributed by atoms with Gasteiger partial charge in [0.2, 0.25) is 0 Å². The fourth-order valence-corrected chi connectivity index (χ4v) is 2.30. The van der Waals surface area contributed by atoms with Crippen molar-refractivity contribution in [2.45, 2.75) is 26.8 Å². The van der Waals surface area contributed by atoms with Gasteiger partial charge < -0.3 is 5.73 Å². The SMILES string of the molecule is Cc1nn(Cc2ccc(C#N)cc2F)c(C)c1CCN. The average molecular weight is 272 g/mol. The highest BCUT2D eigenvalue weighted by Gasteiger charge is 2.12. The number of benzene rings is 1. The van der Waals surface area contributed by atoms with Crippen LogP contribution in [0.5, 0.6) is 0 Å². The van der Waals surface area contributed by atoms with Gasteiger partial charge in [-0.15, -0.1) is 0 Å². The van der Waals surface area contributed by atoms with E-state index in [1.54, 1.807) is 16.8 Å². The van der Waals surface area contributed by atoms with E-state index in [1.165, 1.54) is 6.07 Å². The predicted molar refractivity (Wildman–Crippen MR) is 74.7 cm³/mol. The molecule has 0 saturated carbocycles. The largest absolute Gasteiger partial charge is 0.330 e. The van der Waals surface area contributed by atoms with Crippen LogP contribution in [-0.2, 0) is 13.0 Å². The molecule has 0 saturated heterocycles. The molecular weight excluding hydrogens is 255 g/mol. The summed E-state index contributed by atoms with van der Waals surface area (Å²) < 4.78 is 15.7. The molecule has 0 spiro atoms. The van der Waals surface area contributed by atoms with Crippen LogP contribution in [0, 0.1) is 31.0 Å². The molecule has 2 aromatic rings. The summed E-state index contributed by atoms with van der Waals surface area (Å²) in [6, 6.07) is 6.42. The van der Waals surface area contributed by atoms with Gasteiger partial charge >= 0.3 is 0 Å². The first-order chi connectivity index (χ1) is 9.56. The van der Waals surface area contributed by atoms with Crippen LogP contribution in [0.4, 0.5) is 4.39 Å². The van der Waals surface area contributed by atoms with Crippen molar-refractivity contribution in [2.75, 3.05) is 6.54 Å². The maximum atomic E-state index is 13.9. The van der Waals surface area contributed by atoms with Gasteiger partial charge in [0.1, 0.15) is 5.82 Å². The fraction of sp³-hybridized carbons (Fsp3) is 0.333. The van der Waals surface area contributed by atoms with Gasteiger partial charge in [-0.05, 0) is 44.5 Å². The first-order valence-electron chi connectivity index (χ1n) is 6.48. The number of rotatable bonds is 4. The van der Waals surface area contributed by atoms with Crippen molar-refractivity contribution in [1.29, 1.82) is 5.26 Å².